The van der Waals surface area contributed by atoms with E-state index in [1.165, 1.54) is 55.6 Å². The van der Waals surface area contributed by atoms with Crippen molar-refractivity contribution in [3.05, 3.63) is 81.2 Å². The smallest absolute Gasteiger partial charge is 0.341 e. The highest BCUT2D eigenvalue weighted by atomic mass is 35.5. The summed E-state index contributed by atoms with van der Waals surface area (Å²) in [5, 5.41) is 3.01. The molecule has 0 atom stereocenters. The topological polar surface area (TPSA) is 115 Å². The van der Waals surface area contributed by atoms with Crippen molar-refractivity contribution in [1.29, 1.82) is 0 Å². The molecule has 168 valence electrons. The summed E-state index contributed by atoms with van der Waals surface area (Å²) in [5.74, 6) is -0.417. The quantitative estimate of drug-likeness (QED) is 0.468. The number of hydrogen-bond donors (Lipinski definition) is 2. The number of methoxy groups -OCH3 is 1. The van der Waals surface area contributed by atoms with Gasteiger partial charge in [0.15, 0.2) is 0 Å². The second kappa shape index (κ2) is 9.64. The zero-order valence-corrected chi connectivity index (χ0v) is 19.3. The molecule has 0 saturated carbocycles. The third-order valence-corrected chi connectivity index (χ3v) is 6.49. The molecule has 2 aromatic carbocycles. The van der Waals surface area contributed by atoms with Crippen LogP contribution >= 0.6 is 23.2 Å². The molecule has 0 aliphatic rings. The molecule has 0 spiro atoms. The van der Waals surface area contributed by atoms with E-state index >= 15 is 0 Å². The first-order chi connectivity index (χ1) is 15.1. The Labute approximate surface area is 194 Å². The number of ether oxygens (including phenoxy) is 1. The number of esters is 1. The first-order valence-corrected chi connectivity index (χ1v) is 11.4. The van der Waals surface area contributed by atoms with Crippen LogP contribution in [0.5, 0.6) is 0 Å². The summed E-state index contributed by atoms with van der Waals surface area (Å²) in [5.41, 5.74) is 0.613. The van der Waals surface area contributed by atoms with E-state index < -0.39 is 21.9 Å². The number of halogens is 2. The molecule has 1 aromatic heterocycles. The number of sulfonamides is 1. The molecular weight excluding hydrogens is 479 g/mol. The van der Waals surface area contributed by atoms with Gasteiger partial charge in [-0.15, -0.1) is 0 Å². The van der Waals surface area contributed by atoms with Crippen molar-refractivity contribution in [3.8, 4) is 0 Å². The van der Waals surface area contributed by atoms with Gasteiger partial charge in [0.05, 0.1) is 18.7 Å². The number of furan rings is 1. The zero-order valence-electron chi connectivity index (χ0n) is 16.9. The standard InChI is InChI=1S/C21H18Cl2N2O6S/c1-12-17(21(27)30-2)10-16(31-12)11-24-20(26)13-3-8-18(23)19(9-13)32(28,29)25-15-6-4-14(22)5-7-15/h3-10,25H,11H2,1-2H3,(H,24,26). The predicted octanol–water partition coefficient (Wildman–Crippen LogP) is 4.41. The molecule has 0 aliphatic heterocycles. The first-order valence-electron chi connectivity index (χ1n) is 9.14. The van der Waals surface area contributed by atoms with Gasteiger partial charge in [0.2, 0.25) is 0 Å². The highest BCUT2D eigenvalue weighted by Crippen LogP contribution is 2.26. The molecule has 3 aromatic rings. The molecule has 0 fully saturated rings. The molecular formula is C21H18Cl2N2O6S. The second-order valence-corrected chi connectivity index (χ2v) is 9.11. The third-order valence-electron chi connectivity index (χ3n) is 4.38. The van der Waals surface area contributed by atoms with Crippen molar-refractivity contribution in [2.45, 2.75) is 18.4 Å². The fraction of sp³-hybridized carbons (Fsp3) is 0.143. The lowest BCUT2D eigenvalue weighted by molar-refractivity contribution is 0.0598. The van der Waals surface area contributed by atoms with Gasteiger partial charge < -0.3 is 14.5 Å². The van der Waals surface area contributed by atoms with Crippen LogP contribution in [0.15, 0.2) is 57.8 Å². The number of anilines is 1. The van der Waals surface area contributed by atoms with Gasteiger partial charge in [-0.2, -0.15) is 0 Å². The van der Waals surface area contributed by atoms with Crippen LogP contribution in [-0.2, 0) is 21.3 Å². The number of rotatable bonds is 7. The Hall–Kier alpha value is -3.01. The minimum Gasteiger partial charge on any atom is -0.465 e. The summed E-state index contributed by atoms with van der Waals surface area (Å²) in [6.07, 6.45) is 0. The van der Waals surface area contributed by atoms with E-state index in [9.17, 15) is 18.0 Å². The minimum absolute atomic E-state index is 0.0234. The van der Waals surface area contributed by atoms with Crippen LogP contribution < -0.4 is 10.0 Å². The predicted molar refractivity (Wildman–Crippen MR) is 120 cm³/mol. The molecule has 2 N–H and O–H groups in total. The number of carbonyl (C=O) groups is 2. The van der Waals surface area contributed by atoms with E-state index in [1.54, 1.807) is 6.92 Å². The van der Waals surface area contributed by atoms with Gasteiger partial charge in [0.25, 0.3) is 15.9 Å². The van der Waals surface area contributed by atoms with Gasteiger partial charge in [0, 0.05) is 16.3 Å². The Bertz CT molecular complexity index is 1270. The number of carbonyl (C=O) groups excluding carboxylic acids is 2. The van der Waals surface area contributed by atoms with Crippen molar-refractivity contribution in [2.24, 2.45) is 0 Å². The summed E-state index contributed by atoms with van der Waals surface area (Å²) in [6, 6.07) is 11.4. The zero-order chi connectivity index (χ0) is 23.5. The van der Waals surface area contributed by atoms with Gasteiger partial charge in [-0.1, -0.05) is 23.2 Å². The lowest BCUT2D eigenvalue weighted by Crippen LogP contribution is -2.23. The molecule has 0 unspecified atom stereocenters. The first kappa shape index (κ1) is 23.6. The van der Waals surface area contributed by atoms with E-state index in [0.29, 0.717) is 16.5 Å². The van der Waals surface area contributed by atoms with Crippen molar-refractivity contribution >= 4 is 50.8 Å². The van der Waals surface area contributed by atoms with E-state index in [0.717, 1.165) is 0 Å². The van der Waals surface area contributed by atoms with Gasteiger partial charge in [-0.05, 0) is 55.5 Å². The van der Waals surface area contributed by atoms with Crippen LogP contribution in [0.3, 0.4) is 0 Å². The van der Waals surface area contributed by atoms with E-state index in [4.69, 9.17) is 27.6 Å². The maximum absolute atomic E-state index is 12.8. The molecule has 0 radical (unpaired) electrons. The van der Waals surface area contributed by atoms with Crippen LogP contribution in [0, 0.1) is 6.92 Å². The normalized spacial score (nSPS) is 11.1. The van der Waals surface area contributed by atoms with Gasteiger partial charge in [0.1, 0.15) is 22.0 Å². The SMILES string of the molecule is COC(=O)c1cc(CNC(=O)c2ccc(Cl)c(S(=O)(=O)Nc3ccc(Cl)cc3)c2)oc1C. The lowest BCUT2D eigenvalue weighted by Gasteiger charge is -2.11. The molecule has 1 heterocycles. The highest BCUT2D eigenvalue weighted by Gasteiger charge is 2.21. The molecule has 8 nitrogen and oxygen atoms in total. The lowest BCUT2D eigenvalue weighted by atomic mass is 10.2. The molecule has 11 heteroatoms. The Morgan fingerprint density at radius 2 is 1.75 bits per heavy atom. The molecule has 32 heavy (non-hydrogen) atoms. The summed E-state index contributed by atoms with van der Waals surface area (Å²) in [7, 11) is -2.82. The second-order valence-electron chi connectivity index (χ2n) is 6.61. The maximum atomic E-state index is 12.8. The highest BCUT2D eigenvalue weighted by molar-refractivity contribution is 7.92. The fourth-order valence-electron chi connectivity index (χ4n) is 2.79. The Kier molecular flexibility index (Phi) is 7.12. The number of amides is 1. The van der Waals surface area contributed by atoms with Crippen LogP contribution in [0.2, 0.25) is 10.0 Å². The van der Waals surface area contributed by atoms with E-state index in [2.05, 4.69) is 14.8 Å². The van der Waals surface area contributed by atoms with Crippen LogP contribution in [0.1, 0.15) is 32.2 Å². The monoisotopic (exact) mass is 496 g/mol. The van der Waals surface area contributed by atoms with Crippen molar-refractivity contribution in [2.75, 3.05) is 11.8 Å². The minimum atomic E-state index is -4.07. The van der Waals surface area contributed by atoms with Crippen molar-refractivity contribution in [1.82, 2.24) is 5.32 Å². The van der Waals surface area contributed by atoms with Gasteiger partial charge in [-0.25, -0.2) is 13.2 Å². The Morgan fingerprint density at radius 3 is 2.41 bits per heavy atom. The van der Waals surface area contributed by atoms with Gasteiger partial charge in [-0.3, -0.25) is 9.52 Å². The Balaban J connectivity index is 1.76. The van der Waals surface area contributed by atoms with Crippen LogP contribution in [0.4, 0.5) is 5.69 Å². The number of nitrogens with one attached hydrogen (secondary N) is 2. The molecule has 0 aliphatic carbocycles. The summed E-state index contributed by atoms with van der Waals surface area (Å²) in [6.45, 7) is 1.58. The summed E-state index contributed by atoms with van der Waals surface area (Å²) >= 11 is 11.9. The van der Waals surface area contributed by atoms with Crippen LogP contribution in [-0.4, -0.2) is 27.4 Å². The summed E-state index contributed by atoms with van der Waals surface area (Å²) in [4.78, 5) is 24.0. The number of benzene rings is 2. The third kappa shape index (κ3) is 5.42. The van der Waals surface area contributed by atoms with Crippen LogP contribution in [0.25, 0.3) is 0 Å². The fourth-order valence-corrected chi connectivity index (χ4v) is 4.50. The average Bonchev–Trinajstić information content (AvgIpc) is 3.13. The summed E-state index contributed by atoms with van der Waals surface area (Å²) < 4.78 is 38.0. The molecule has 0 bridgehead atoms. The average molecular weight is 497 g/mol. The number of aryl methyl sites for hydroxylation is 1. The molecule has 3 rings (SSSR count). The van der Waals surface area contributed by atoms with Gasteiger partial charge >= 0.3 is 5.97 Å². The number of hydrogen-bond acceptors (Lipinski definition) is 6. The Morgan fingerprint density at radius 1 is 1.06 bits per heavy atom. The van der Waals surface area contributed by atoms with E-state index in [1.807, 2.05) is 0 Å². The van der Waals surface area contributed by atoms with Crippen molar-refractivity contribution in [3.63, 3.8) is 0 Å². The maximum Gasteiger partial charge on any atom is 0.341 e. The molecule has 0 saturated heterocycles. The van der Waals surface area contributed by atoms with E-state index in [-0.39, 0.29) is 33.3 Å². The van der Waals surface area contributed by atoms with Crippen molar-refractivity contribution < 1.29 is 27.2 Å². The largest absolute Gasteiger partial charge is 0.465 e. The molecule has 1 amide bonds.